The van der Waals surface area contributed by atoms with Crippen molar-refractivity contribution in [2.24, 2.45) is 11.8 Å². The molecule has 0 heterocycles. The molecule has 0 aromatic heterocycles. The normalized spacial score (nSPS) is 32.0. The Labute approximate surface area is 139 Å². The fourth-order valence-corrected chi connectivity index (χ4v) is 4.09. The van der Waals surface area contributed by atoms with Gasteiger partial charge in [-0.05, 0) is 37.5 Å². The predicted molar refractivity (Wildman–Crippen MR) is 79.1 cm³/mol. The Kier molecular flexibility index (Phi) is 7.09. The SMILES string of the molecule is CCCCCCC(F)(SOO[O-])C(=O)OC1C2CCC(C2)C1O. The molecule has 0 radical (unpaired) electrons. The van der Waals surface area contributed by atoms with Gasteiger partial charge in [0.15, 0.2) is 0 Å². The summed E-state index contributed by atoms with van der Waals surface area (Å²) in [6, 6.07) is 0. The molecule has 0 amide bonds. The molecule has 23 heavy (non-hydrogen) atoms. The molecule has 5 unspecified atom stereocenters. The number of hydrogen-bond acceptors (Lipinski definition) is 7. The zero-order valence-electron chi connectivity index (χ0n) is 13.2. The molecule has 2 fully saturated rings. The number of halogens is 1. The van der Waals surface area contributed by atoms with Gasteiger partial charge in [-0.15, -0.1) is 0 Å². The van der Waals surface area contributed by atoms with Crippen LogP contribution in [0.15, 0.2) is 0 Å². The molecular weight excluding hydrogens is 327 g/mol. The number of unbranched alkanes of at least 4 members (excludes halogenated alkanes) is 3. The highest BCUT2D eigenvalue weighted by Crippen LogP contribution is 2.47. The Morgan fingerprint density at radius 1 is 1.35 bits per heavy atom. The molecule has 2 saturated carbocycles. The van der Waals surface area contributed by atoms with E-state index in [1.807, 2.05) is 6.92 Å². The van der Waals surface area contributed by atoms with Gasteiger partial charge in [-0.2, -0.15) is 4.33 Å². The van der Waals surface area contributed by atoms with Crippen molar-refractivity contribution in [1.82, 2.24) is 0 Å². The molecule has 2 aliphatic carbocycles. The number of hydrogen-bond donors (Lipinski definition) is 1. The number of carbonyl (C=O) groups excluding carboxylic acids is 1. The highest BCUT2D eigenvalue weighted by atomic mass is 32.2. The van der Waals surface area contributed by atoms with Crippen molar-refractivity contribution in [3.05, 3.63) is 0 Å². The minimum absolute atomic E-state index is 0.0371. The molecule has 6 nitrogen and oxygen atoms in total. The Morgan fingerprint density at radius 2 is 2.09 bits per heavy atom. The van der Waals surface area contributed by atoms with Gasteiger partial charge in [0.1, 0.15) is 6.10 Å². The van der Waals surface area contributed by atoms with Crippen LogP contribution in [0.1, 0.15) is 58.3 Å². The summed E-state index contributed by atoms with van der Waals surface area (Å²) in [6.45, 7) is 2.02. The van der Waals surface area contributed by atoms with E-state index in [1.165, 1.54) is 0 Å². The van der Waals surface area contributed by atoms with Crippen molar-refractivity contribution >= 4 is 18.0 Å². The number of fused-ring (bicyclic) bond motifs is 2. The third-order valence-corrected chi connectivity index (χ3v) is 5.65. The van der Waals surface area contributed by atoms with E-state index >= 15 is 0 Å². The first-order valence-electron chi connectivity index (χ1n) is 8.24. The molecule has 0 aromatic rings. The number of alkyl halides is 1. The van der Waals surface area contributed by atoms with Gasteiger partial charge in [-0.3, -0.25) is 5.04 Å². The zero-order valence-corrected chi connectivity index (χ0v) is 14.1. The van der Waals surface area contributed by atoms with E-state index in [-0.39, 0.29) is 30.3 Å². The number of ether oxygens (including phenoxy) is 1. The molecule has 2 rings (SSSR count). The summed E-state index contributed by atoms with van der Waals surface area (Å²) >= 11 is 0.0371. The molecule has 8 heteroatoms. The molecule has 0 spiro atoms. The lowest BCUT2D eigenvalue weighted by Crippen LogP contribution is -2.42. The van der Waals surface area contributed by atoms with Crippen molar-refractivity contribution in [2.45, 2.75) is 75.5 Å². The van der Waals surface area contributed by atoms with Crippen LogP contribution in [0.25, 0.3) is 0 Å². The smallest absolute Gasteiger partial charge is 0.357 e. The molecule has 2 aliphatic rings. The van der Waals surface area contributed by atoms with Gasteiger partial charge in [0.2, 0.25) is 0 Å². The first-order valence-corrected chi connectivity index (χ1v) is 8.98. The van der Waals surface area contributed by atoms with Gasteiger partial charge in [0.25, 0.3) is 5.00 Å². The monoisotopic (exact) mass is 351 g/mol. The van der Waals surface area contributed by atoms with Crippen LogP contribution in [0.2, 0.25) is 0 Å². The summed E-state index contributed by atoms with van der Waals surface area (Å²) in [5, 5.41) is 20.7. The fourth-order valence-electron chi connectivity index (χ4n) is 3.61. The van der Waals surface area contributed by atoms with Crippen molar-refractivity contribution < 1.29 is 33.7 Å². The molecule has 134 valence electrons. The van der Waals surface area contributed by atoms with E-state index in [2.05, 4.69) is 9.37 Å². The van der Waals surface area contributed by atoms with Crippen molar-refractivity contribution in [1.29, 1.82) is 0 Å². The van der Waals surface area contributed by atoms with Gasteiger partial charge >= 0.3 is 5.97 Å². The van der Waals surface area contributed by atoms with Gasteiger partial charge in [-0.25, -0.2) is 9.18 Å². The number of rotatable bonds is 10. The zero-order chi connectivity index (χ0) is 16.9. The van der Waals surface area contributed by atoms with Gasteiger partial charge < -0.3 is 15.1 Å². The number of aliphatic hydroxyl groups excluding tert-OH is 1. The van der Waals surface area contributed by atoms with Crippen LogP contribution in [0.4, 0.5) is 4.39 Å². The third-order valence-electron chi connectivity index (χ3n) is 4.89. The van der Waals surface area contributed by atoms with E-state index in [4.69, 9.17) is 4.74 Å². The van der Waals surface area contributed by atoms with Crippen LogP contribution in [-0.4, -0.2) is 28.3 Å². The second kappa shape index (κ2) is 8.62. The van der Waals surface area contributed by atoms with Crippen LogP contribution in [0.3, 0.4) is 0 Å². The van der Waals surface area contributed by atoms with Crippen molar-refractivity contribution in [2.75, 3.05) is 0 Å². The summed E-state index contributed by atoms with van der Waals surface area (Å²) in [7, 11) is 0. The van der Waals surface area contributed by atoms with Crippen LogP contribution < -0.4 is 5.26 Å². The second-order valence-electron chi connectivity index (χ2n) is 6.45. The van der Waals surface area contributed by atoms with Crippen LogP contribution in [-0.2, 0) is 18.9 Å². The second-order valence-corrected chi connectivity index (χ2v) is 7.40. The number of esters is 1. The Morgan fingerprint density at radius 3 is 2.70 bits per heavy atom. The first-order chi connectivity index (χ1) is 11.0. The summed E-state index contributed by atoms with van der Waals surface area (Å²) in [5.41, 5.74) is 0. The lowest BCUT2D eigenvalue weighted by Gasteiger charge is -2.30. The van der Waals surface area contributed by atoms with Gasteiger partial charge in [0.05, 0.1) is 18.1 Å². The Balaban J connectivity index is 1.92. The fraction of sp³-hybridized carbons (Fsp3) is 0.933. The summed E-state index contributed by atoms with van der Waals surface area (Å²) in [4.78, 5) is 12.2. The number of carbonyl (C=O) groups is 1. The maximum atomic E-state index is 14.9. The highest BCUT2D eigenvalue weighted by molar-refractivity contribution is 7.96. The molecule has 2 bridgehead atoms. The van der Waals surface area contributed by atoms with E-state index in [0.29, 0.717) is 6.42 Å². The highest BCUT2D eigenvalue weighted by Gasteiger charge is 2.52. The van der Waals surface area contributed by atoms with Crippen LogP contribution in [0, 0.1) is 11.8 Å². The van der Waals surface area contributed by atoms with E-state index < -0.39 is 23.2 Å². The van der Waals surface area contributed by atoms with Crippen LogP contribution >= 0.6 is 12.0 Å². The minimum Gasteiger partial charge on any atom is -0.691 e. The lowest BCUT2D eigenvalue weighted by atomic mass is 9.95. The van der Waals surface area contributed by atoms with Crippen molar-refractivity contribution in [3.8, 4) is 0 Å². The summed E-state index contributed by atoms with van der Waals surface area (Å²) < 4.78 is 24.2. The van der Waals surface area contributed by atoms with E-state index in [9.17, 15) is 19.5 Å². The topological polar surface area (TPSA) is 88.0 Å². The quantitative estimate of drug-likeness (QED) is 0.212. The molecule has 0 aliphatic heterocycles. The van der Waals surface area contributed by atoms with E-state index in [0.717, 1.165) is 38.5 Å². The molecular formula is C15H24FO6S-. The Bertz CT molecular complexity index is 396. The third kappa shape index (κ3) is 4.57. The maximum Gasteiger partial charge on any atom is 0.357 e. The standard InChI is InChI=1S/C15H25FO6S/c1-2-3-4-5-8-15(16,23-22-21-19)14(18)20-13-11-7-6-10(9-11)12(13)17/h10-13,17,19H,2-9H2,1H3/p-1. The van der Waals surface area contributed by atoms with E-state index in [1.54, 1.807) is 0 Å². The largest absolute Gasteiger partial charge is 0.691 e. The van der Waals surface area contributed by atoms with Crippen molar-refractivity contribution in [3.63, 3.8) is 0 Å². The van der Waals surface area contributed by atoms with Gasteiger partial charge in [-0.1, -0.05) is 26.2 Å². The first kappa shape index (κ1) is 18.9. The minimum atomic E-state index is -2.50. The maximum absolute atomic E-state index is 14.9. The Hall–Kier alpha value is -0.410. The average molecular weight is 351 g/mol. The van der Waals surface area contributed by atoms with Gasteiger partial charge in [0, 0.05) is 6.42 Å². The predicted octanol–water partition coefficient (Wildman–Crippen LogP) is 2.20. The average Bonchev–Trinajstić information content (AvgIpc) is 3.13. The molecule has 0 aromatic carbocycles. The summed E-state index contributed by atoms with van der Waals surface area (Å²) in [6.07, 6.45) is 4.22. The summed E-state index contributed by atoms with van der Waals surface area (Å²) in [5.74, 6) is -0.886. The molecule has 0 saturated heterocycles. The molecule has 1 N–H and O–H groups in total. The van der Waals surface area contributed by atoms with Crippen LogP contribution in [0.5, 0.6) is 0 Å². The lowest BCUT2D eigenvalue weighted by molar-refractivity contribution is -0.777. The molecule has 5 atom stereocenters. The number of aliphatic hydroxyl groups is 1.